The molecule has 2 aliphatic rings. The first-order chi connectivity index (χ1) is 14.9. The maximum atomic E-state index is 13.9. The maximum Gasteiger partial charge on any atom is 0.227 e. The Morgan fingerprint density at radius 1 is 1.13 bits per heavy atom. The number of carbonyl (C=O) groups excluding carboxylic acids is 2. The molecule has 1 spiro atoms. The second kappa shape index (κ2) is 8.69. The average Bonchev–Trinajstić information content (AvgIpc) is 2.92. The van der Waals surface area contributed by atoms with E-state index in [2.05, 4.69) is 0 Å². The Morgan fingerprint density at radius 2 is 1.81 bits per heavy atom. The lowest BCUT2D eigenvalue weighted by Crippen LogP contribution is -2.52. The van der Waals surface area contributed by atoms with Crippen molar-refractivity contribution in [1.29, 1.82) is 0 Å². The molecule has 1 aliphatic carbocycles. The summed E-state index contributed by atoms with van der Waals surface area (Å²) in [6.07, 6.45) is 3.15. The Labute approximate surface area is 182 Å². The molecule has 1 saturated carbocycles. The first-order valence-electron chi connectivity index (χ1n) is 10.9. The van der Waals surface area contributed by atoms with Gasteiger partial charge in [-0.1, -0.05) is 36.4 Å². The number of hydrogen-bond donors (Lipinski definition) is 0. The number of rotatable bonds is 3. The van der Waals surface area contributed by atoms with Crippen LogP contribution < -0.4 is 4.74 Å². The summed E-state index contributed by atoms with van der Waals surface area (Å²) in [6, 6.07) is 14.4. The highest BCUT2D eigenvalue weighted by Crippen LogP contribution is 2.39. The minimum Gasteiger partial charge on any atom is -0.485 e. The molecule has 1 aliphatic heterocycles. The van der Waals surface area contributed by atoms with Gasteiger partial charge in [0.2, 0.25) is 11.8 Å². The molecular weight excluding hydrogens is 395 g/mol. The van der Waals surface area contributed by atoms with E-state index in [4.69, 9.17) is 4.74 Å². The van der Waals surface area contributed by atoms with Crippen LogP contribution in [0.25, 0.3) is 0 Å². The number of carbonyl (C=O) groups is 2. The zero-order chi connectivity index (χ0) is 22.0. The molecule has 6 heteroatoms. The largest absolute Gasteiger partial charge is 0.485 e. The van der Waals surface area contributed by atoms with Crippen LogP contribution in [0, 0.1) is 5.82 Å². The molecule has 0 bridgehead atoms. The SMILES string of the molecule is CC(=O)N1Cc2ccccc2OC2(CCC(N(C)C(=O)Cc3ccccc3F)CC2)C1. The fourth-order valence-electron chi connectivity index (χ4n) is 4.74. The third-order valence-electron chi connectivity index (χ3n) is 6.69. The van der Waals surface area contributed by atoms with E-state index >= 15 is 0 Å². The van der Waals surface area contributed by atoms with Crippen LogP contribution in [0.3, 0.4) is 0 Å². The van der Waals surface area contributed by atoms with Gasteiger partial charge in [-0.25, -0.2) is 4.39 Å². The summed E-state index contributed by atoms with van der Waals surface area (Å²) in [5, 5.41) is 0. The number of ether oxygens (including phenoxy) is 1. The summed E-state index contributed by atoms with van der Waals surface area (Å²) >= 11 is 0. The monoisotopic (exact) mass is 424 g/mol. The Morgan fingerprint density at radius 3 is 2.52 bits per heavy atom. The van der Waals surface area contributed by atoms with Gasteiger partial charge in [0, 0.05) is 32.1 Å². The second-order valence-electron chi connectivity index (χ2n) is 8.77. The summed E-state index contributed by atoms with van der Waals surface area (Å²) in [7, 11) is 1.80. The van der Waals surface area contributed by atoms with E-state index in [-0.39, 0.29) is 30.1 Å². The summed E-state index contributed by atoms with van der Waals surface area (Å²) in [5.41, 5.74) is 1.01. The number of amides is 2. The Bertz CT molecular complexity index is 969. The molecule has 2 amide bonds. The lowest BCUT2D eigenvalue weighted by atomic mass is 9.81. The van der Waals surface area contributed by atoms with E-state index < -0.39 is 5.60 Å². The molecule has 0 saturated heterocycles. The topological polar surface area (TPSA) is 49.9 Å². The van der Waals surface area contributed by atoms with Gasteiger partial charge in [0.15, 0.2) is 0 Å². The normalized spacial score (nSPS) is 22.9. The first kappa shape index (κ1) is 21.3. The van der Waals surface area contributed by atoms with Gasteiger partial charge in [0.05, 0.1) is 13.0 Å². The molecule has 1 heterocycles. The standard InChI is InChI=1S/C25H29FN2O3/c1-18(29)28-16-20-8-4-6-10-23(20)31-25(17-28)13-11-21(12-14-25)27(2)24(30)15-19-7-3-5-9-22(19)26/h3-10,21H,11-17H2,1-2H3. The van der Waals surface area contributed by atoms with Crippen LogP contribution in [0.1, 0.15) is 43.7 Å². The molecule has 2 aromatic rings. The number of hydrogen-bond acceptors (Lipinski definition) is 3. The molecule has 0 aromatic heterocycles. The van der Waals surface area contributed by atoms with Crippen molar-refractivity contribution in [3.05, 3.63) is 65.5 Å². The van der Waals surface area contributed by atoms with Gasteiger partial charge in [-0.15, -0.1) is 0 Å². The van der Waals surface area contributed by atoms with E-state index in [0.29, 0.717) is 18.7 Å². The number of benzene rings is 2. The fraction of sp³-hybridized carbons (Fsp3) is 0.440. The van der Waals surface area contributed by atoms with Crippen LogP contribution in [-0.4, -0.2) is 46.8 Å². The molecule has 0 N–H and O–H groups in total. The molecule has 5 nitrogen and oxygen atoms in total. The van der Waals surface area contributed by atoms with Crippen molar-refractivity contribution in [3.63, 3.8) is 0 Å². The highest BCUT2D eigenvalue weighted by atomic mass is 19.1. The third kappa shape index (κ3) is 4.58. The van der Waals surface area contributed by atoms with Crippen molar-refractivity contribution in [3.8, 4) is 5.75 Å². The minimum atomic E-state index is -0.440. The minimum absolute atomic E-state index is 0.0407. The highest BCUT2D eigenvalue weighted by Gasteiger charge is 2.43. The Kier molecular flexibility index (Phi) is 5.99. The third-order valence-corrected chi connectivity index (χ3v) is 6.69. The lowest BCUT2D eigenvalue weighted by molar-refractivity contribution is -0.134. The van der Waals surface area contributed by atoms with Gasteiger partial charge in [-0.05, 0) is 43.4 Å². The van der Waals surface area contributed by atoms with Gasteiger partial charge >= 0.3 is 0 Å². The zero-order valence-electron chi connectivity index (χ0n) is 18.1. The molecule has 31 heavy (non-hydrogen) atoms. The molecule has 4 rings (SSSR count). The van der Waals surface area contributed by atoms with Gasteiger partial charge in [0.1, 0.15) is 17.2 Å². The predicted octanol–water partition coefficient (Wildman–Crippen LogP) is 3.95. The van der Waals surface area contributed by atoms with Crippen molar-refractivity contribution in [2.45, 2.75) is 57.2 Å². The number of likely N-dealkylation sites (N-methyl/N-ethyl adjacent to an activating group) is 1. The Hall–Kier alpha value is -2.89. The number of nitrogens with zero attached hydrogens (tertiary/aromatic N) is 2. The predicted molar refractivity (Wildman–Crippen MR) is 116 cm³/mol. The van der Waals surface area contributed by atoms with E-state index in [0.717, 1.165) is 37.0 Å². The molecule has 164 valence electrons. The van der Waals surface area contributed by atoms with Gasteiger partial charge in [-0.2, -0.15) is 0 Å². The molecular formula is C25H29FN2O3. The van der Waals surface area contributed by atoms with E-state index in [9.17, 15) is 14.0 Å². The fourth-order valence-corrected chi connectivity index (χ4v) is 4.74. The van der Waals surface area contributed by atoms with Crippen LogP contribution >= 0.6 is 0 Å². The highest BCUT2D eigenvalue weighted by molar-refractivity contribution is 5.79. The van der Waals surface area contributed by atoms with Crippen molar-refractivity contribution >= 4 is 11.8 Å². The summed E-state index contributed by atoms with van der Waals surface area (Å²) < 4.78 is 20.5. The summed E-state index contributed by atoms with van der Waals surface area (Å²) in [6.45, 7) is 2.71. The molecule has 0 unspecified atom stereocenters. The van der Waals surface area contributed by atoms with Gasteiger partial charge < -0.3 is 14.5 Å². The molecule has 2 aromatic carbocycles. The van der Waals surface area contributed by atoms with Crippen molar-refractivity contribution in [2.24, 2.45) is 0 Å². The van der Waals surface area contributed by atoms with Crippen LogP contribution in [0.2, 0.25) is 0 Å². The van der Waals surface area contributed by atoms with Crippen molar-refractivity contribution in [2.75, 3.05) is 13.6 Å². The smallest absolute Gasteiger partial charge is 0.227 e. The van der Waals surface area contributed by atoms with Crippen molar-refractivity contribution < 1.29 is 18.7 Å². The van der Waals surface area contributed by atoms with Gasteiger partial charge in [-0.3, -0.25) is 9.59 Å². The van der Waals surface area contributed by atoms with E-state index in [1.807, 2.05) is 29.2 Å². The number of halogens is 1. The van der Waals surface area contributed by atoms with Crippen LogP contribution in [0.15, 0.2) is 48.5 Å². The number of fused-ring (bicyclic) bond motifs is 1. The number of para-hydroxylation sites is 1. The molecule has 1 fully saturated rings. The Balaban J connectivity index is 1.45. The average molecular weight is 425 g/mol. The summed E-state index contributed by atoms with van der Waals surface area (Å²) in [4.78, 5) is 28.6. The van der Waals surface area contributed by atoms with Crippen LogP contribution in [-0.2, 0) is 22.6 Å². The second-order valence-corrected chi connectivity index (χ2v) is 8.77. The lowest BCUT2D eigenvalue weighted by Gasteiger charge is -2.43. The maximum absolute atomic E-state index is 13.9. The van der Waals surface area contributed by atoms with Crippen LogP contribution in [0.4, 0.5) is 4.39 Å². The first-order valence-corrected chi connectivity index (χ1v) is 10.9. The van der Waals surface area contributed by atoms with Gasteiger partial charge in [0.25, 0.3) is 0 Å². The van der Waals surface area contributed by atoms with Crippen LogP contribution in [0.5, 0.6) is 5.75 Å². The van der Waals surface area contributed by atoms with Crippen molar-refractivity contribution in [1.82, 2.24) is 9.80 Å². The molecule has 0 atom stereocenters. The molecule has 0 radical (unpaired) electrons. The van der Waals surface area contributed by atoms with E-state index in [1.165, 1.54) is 6.07 Å². The quantitative estimate of drug-likeness (QED) is 0.750. The summed E-state index contributed by atoms with van der Waals surface area (Å²) in [5.74, 6) is 0.456. The van der Waals surface area contributed by atoms with E-state index in [1.54, 1.807) is 37.1 Å². The zero-order valence-corrected chi connectivity index (χ0v) is 18.1.